The Morgan fingerprint density at radius 3 is 2.41 bits per heavy atom. The molecule has 9 heteroatoms. The number of alkyl halides is 3. The lowest BCUT2D eigenvalue weighted by Gasteiger charge is -2.09. The van der Waals surface area contributed by atoms with Crippen LogP contribution in [-0.4, -0.2) is 22.9 Å². The van der Waals surface area contributed by atoms with Gasteiger partial charge >= 0.3 is 12.1 Å². The maximum Gasteiger partial charge on any atom is 0.416 e. The highest BCUT2D eigenvalue weighted by Crippen LogP contribution is 2.30. The quantitative estimate of drug-likeness (QED) is 0.858. The molecule has 0 amide bonds. The fraction of sp³-hybridized carbons (Fsp3) is 0.154. The van der Waals surface area contributed by atoms with Gasteiger partial charge < -0.3 is 10.5 Å². The number of carbonyl (C=O) groups is 1. The van der Waals surface area contributed by atoms with Crippen LogP contribution >= 0.6 is 0 Å². The molecule has 1 aromatic carbocycles. The van der Waals surface area contributed by atoms with E-state index in [-0.39, 0.29) is 22.8 Å². The van der Waals surface area contributed by atoms with Crippen LogP contribution in [0.5, 0.6) is 0 Å². The number of halogens is 3. The average Bonchev–Trinajstić information content (AvgIpc) is 2.82. The number of nitriles is 1. The molecule has 0 aliphatic rings. The van der Waals surface area contributed by atoms with Crippen molar-refractivity contribution in [3.05, 3.63) is 41.2 Å². The van der Waals surface area contributed by atoms with Gasteiger partial charge in [-0.25, -0.2) is 9.48 Å². The maximum absolute atomic E-state index is 12.5. The summed E-state index contributed by atoms with van der Waals surface area (Å²) >= 11 is 0. The Kier molecular flexibility index (Phi) is 3.77. The highest BCUT2D eigenvalue weighted by Gasteiger charge is 2.30. The second kappa shape index (κ2) is 5.40. The SMILES string of the molecule is COC(=O)c1c(N)c(C#N)nn1-c1ccc(C(F)(F)F)cc1. The highest BCUT2D eigenvalue weighted by atomic mass is 19.4. The largest absolute Gasteiger partial charge is 0.464 e. The van der Waals surface area contributed by atoms with E-state index in [0.717, 1.165) is 36.1 Å². The molecule has 0 fully saturated rings. The lowest BCUT2D eigenvalue weighted by Crippen LogP contribution is -2.12. The van der Waals surface area contributed by atoms with Crippen molar-refractivity contribution in [2.45, 2.75) is 6.18 Å². The standard InChI is InChI=1S/C13H9F3N4O2/c1-22-12(21)11-10(18)9(6-17)19-20(11)8-4-2-7(3-5-8)13(14,15)16/h2-5H,18H2,1H3. The molecule has 0 atom stereocenters. The lowest BCUT2D eigenvalue weighted by atomic mass is 10.2. The Balaban J connectivity index is 2.58. The number of rotatable bonds is 2. The molecule has 1 aromatic heterocycles. The van der Waals surface area contributed by atoms with Crippen LogP contribution in [0.4, 0.5) is 18.9 Å². The molecule has 0 radical (unpaired) electrons. The molecule has 1 heterocycles. The molecule has 0 spiro atoms. The van der Waals surface area contributed by atoms with Gasteiger partial charge in [-0.1, -0.05) is 0 Å². The van der Waals surface area contributed by atoms with Crippen molar-refractivity contribution in [3.63, 3.8) is 0 Å². The Bertz CT molecular complexity index is 757. The zero-order valence-corrected chi connectivity index (χ0v) is 11.2. The third-order valence-electron chi connectivity index (χ3n) is 2.85. The summed E-state index contributed by atoms with van der Waals surface area (Å²) in [6, 6.07) is 5.59. The van der Waals surface area contributed by atoms with Gasteiger partial charge in [-0.15, -0.1) is 0 Å². The Morgan fingerprint density at radius 2 is 1.95 bits per heavy atom. The van der Waals surface area contributed by atoms with Crippen LogP contribution in [0, 0.1) is 11.3 Å². The fourth-order valence-electron chi connectivity index (χ4n) is 1.78. The normalized spacial score (nSPS) is 11.0. The van der Waals surface area contributed by atoms with Crippen molar-refractivity contribution in [3.8, 4) is 11.8 Å². The second-order valence-corrected chi connectivity index (χ2v) is 4.17. The summed E-state index contributed by atoms with van der Waals surface area (Å²) in [5.74, 6) is -0.855. The molecular weight excluding hydrogens is 301 g/mol. The lowest BCUT2D eigenvalue weighted by molar-refractivity contribution is -0.137. The molecule has 0 unspecified atom stereocenters. The summed E-state index contributed by atoms with van der Waals surface area (Å²) in [4.78, 5) is 11.7. The summed E-state index contributed by atoms with van der Waals surface area (Å²) in [6.07, 6.45) is -4.48. The van der Waals surface area contributed by atoms with Crippen LogP contribution < -0.4 is 5.73 Å². The number of nitrogens with zero attached hydrogens (tertiary/aromatic N) is 3. The summed E-state index contributed by atoms with van der Waals surface area (Å²) in [7, 11) is 1.11. The molecule has 6 nitrogen and oxygen atoms in total. The number of methoxy groups -OCH3 is 1. The summed E-state index contributed by atoms with van der Waals surface area (Å²) in [5, 5.41) is 12.7. The van der Waals surface area contributed by atoms with E-state index in [4.69, 9.17) is 11.0 Å². The number of esters is 1. The number of nitrogens with two attached hydrogens (primary N) is 1. The number of hydrogen-bond donors (Lipinski definition) is 1. The predicted molar refractivity (Wildman–Crippen MR) is 69.0 cm³/mol. The highest BCUT2D eigenvalue weighted by molar-refractivity contribution is 5.95. The first-order valence-electron chi connectivity index (χ1n) is 5.84. The van der Waals surface area contributed by atoms with Gasteiger partial charge in [0.25, 0.3) is 0 Å². The van der Waals surface area contributed by atoms with Gasteiger partial charge in [0, 0.05) is 0 Å². The molecule has 2 N–H and O–H groups in total. The van der Waals surface area contributed by atoms with E-state index >= 15 is 0 Å². The third-order valence-corrected chi connectivity index (χ3v) is 2.85. The fourth-order valence-corrected chi connectivity index (χ4v) is 1.78. The molecule has 0 saturated carbocycles. The van der Waals surface area contributed by atoms with Crippen LogP contribution in [0.15, 0.2) is 24.3 Å². The number of benzene rings is 1. The van der Waals surface area contributed by atoms with E-state index in [1.807, 2.05) is 0 Å². The zero-order valence-electron chi connectivity index (χ0n) is 11.2. The summed E-state index contributed by atoms with van der Waals surface area (Å²) in [6.45, 7) is 0. The number of ether oxygens (including phenoxy) is 1. The van der Waals surface area contributed by atoms with Crippen LogP contribution in [0.3, 0.4) is 0 Å². The van der Waals surface area contributed by atoms with Crippen molar-refractivity contribution >= 4 is 11.7 Å². The minimum atomic E-state index is -4.48. The van der Waals surface area contributed by atoms with Crippen molar-refractivity contribution < 1.29 is 22.7 Å². The van der Waals surface area contributed by atoms with Crippen LogP contribution in [0.2, 0.25) is 0 Å². The first-order valence-corrected chi connectivity index (χ1v) is 5.84. The molecule has 0 bridgehead atoms. The molecule has 0 aliphatic carbocycles. The van der Waals surface area contributed by atoms with Gasteiger partial charge in [0.15, 0.2) is 11.4 Å². The number of anilines is 1. The monoisotopic (exact) mass is 310 g/mol. The summed E-state index contributed by atoms with van der Waals surface area (Å²) in [5.41, 5.74) is 4.29. The summed E-state index contributed by atoms with van der Waals surface area (Å²) < 4.78 is 43.2. The van der Waals surface area contributed by atoms with E-state index in [9.17, 15) is 18.0 Å². The minimum Gasteiger partial charge on any atom is -0.464 e. The second-order valence-electron chi connectivity index (χ2n) is 4.17. The molecule has 0 aliphatic heterocycles. The minimum absolute atomic E-state index is 0.140. The smallest absolute Gasteiger partial charge is 0.416 e. The molecule has 22 heavy (non-hydrogen) atoms. The van der Waals surface area contributed by atoms with Gasteiger partial charge in [0.2, 0.25) is 0 Å². The number of carbonyl (C=O) groups excluding carboxylic acids is 1. The Morgan fingerprint density at radius 1 is 1.36 bits per heavy atom. The molecule has 2 aromatic rings. The topological polar surface area (TPSA) is 93.9 Å². The van der Waals surface area contributed by atoms with E-state index in [1.54, 1.807) is 6.07 Å². The Labute approximate surface area is 122 Å². The number of aromatic nitrogens is 2. The molecule has 2 rings (SSSR count). The van der Waals surface area contributed by atoms with Crippen molar-refractivity contribution in [1.29, 1.82) is 5.26 Å². The van der Waals surface area contributed by atoms with Gasteiger partial charge in [-0.2, -0.15) is 23.5 Å². The van der Waals surface area contributed by atoms with Crippen molar-refractivity contribution in [2.75, 3.05) is 12.8 Å². The Hall–Kier alpha value is -3.02. The van der Waals surface area contributed by atoms with Crippen LogP contribution in [-0.2, 0) is 10.9 Å². The van der Waals surface area contributed by atoms with Crippen molar-refractivity contribution in [1.82, 2.24) is 9.78 Å². The van der Waals surface area contributed by atoms with Gasteiger partial charge in [0.05, 0.1) is 18.4 Å². The van der Waals surface area contributed by atoms with Crippen molar-refractivity contribution in [2.24, 2.45) is 0 Å². The average molecular weight is 310 g/mol. The predicted octanol–water partition coefficient (Wildman–Crippen LogP) is 2.13. The maximum atomic E-state index is 12.5. The molecule has 0 saturated heterocycles. The third kappa shape index (κ3) is 2.58. The molecular formula is C13H9F3N4O2. The van der Waals surface area contributed by atoms with Gasteiger partial charge in [-0.05, 0) is 24.3 Å². The van der Waals surface area contributed by atoms with Crippen LogP contribution in [0.25, 0.3) is 5.69 Å². The van der Waals surface area contributed by atoms with E-state index < -0.39 is 17.7 Å². The number of hydrogen-bond acceptors (Lipinski definition) is 5. The first kappa shape index (κ1) is 15.4. The van der Waals surface area contributed by atoms with Gasteiger partial charge in [0.1, 0.15) is 11.8 Å². The van der Waals surface area contributed by atoms with E-state index in [0.29, 0.717) is 0 Å². The van der Waals surface area contributed by atoms with Crippen LogP contribution in [0.1, 0.15) is 21.7 Å². The molecule has 114 valence electrons. The zero-order chi connectivity index (χ0) is 16.5. The first-order chi connectivity index (χ1) is 10.3. The van der Waals surface area contributed by atoms with E-state index in [1.165, 1.54) is 0 Å². The number of nitrogen functional groups attached to an aromatic ring is 1. The van der Waals surface area contributed by atoms with E-state index in [2.05, 4.69) is 9.84 Å². The van der Waals surface area contributed by atoms with Gasteiger partial charge in [-0.3, -0.25) is 0 Å².